The number of fused-ring (bicyclic) bond motifs is 3. The van der Waals surface area contributed by atoms with Crippen molar-refractivity contribution in [1.82, 2.24) is 14.9 Å². The number of thiazole rings is 1. The lowest BCUT2D eigenvalue weighted by molar-refractivity contribution is -0.200. The lowest BCUT2D eigenvalue weighted by Gasteiger charge is -2.54. The van der Waals surface area contributed by atoms with Crippen molar-refractivity contribution in [3.8, 4) is 16.3 Å². The van der Waals surface area contributed by atoms with Gasteiger partial charge in [-0.3, -0.25) is 4.90 Å². The summed E-state index contributed by atoms with van der Waals surface area (Å²) in [5, 5.41) is 20.5. The number of aromatic nitrogens is 2. The van der Waals surface area contributed by atoms with E-state index in [-0.39, 0.29) is 34.9 Å². The van der Waals surface area contributed by atoms with E-state index in [2.05, 4.69) is 14.7 Å². The van der Waals surface area contributed by atoms with Gasteiger partial charge >= 0.3 is 12.2 Å². The summed E-state index contributed by atoms with van der Waals surface area (Å²) < 4.78 is 38.0. The molecular weight excluding hydrogens is 422 g/mol. The van der Waals surface area contributed by atoms with Crippen molar-refractivity contribution in [3.05, 3.63) is 23.7 Å². The number of carboxylic acid groups (broad SMARTS) is 1. The average Bonchev–Trinajstić information content (AvgIpc) is 3.38. The minimum Gasteiger partial charge on any atom is -0.465 e. The number of nitrogens with zero attached hydrogens (tertiary/aromatic N) is 4. The van der Waals surface area contributed by atoms with Gasteiger partial charge in [0.05, 0.1) is 17.6 Å². The summed E-state index contributed by atoms with van der Waals surface area (Å²) in [5.41, 5.74) is 0.897. The number of halogens is 2. The minimum absolute atomic E-state index is 0.0835. The van der Waals surface area contributed by atoms with Crippen LogP contribution in [0.2, 0.25) is 0 Å². The van der Waals surface area contributed by atoms with Gasteiger partial charge in [-0.25, -0.2) is 9.78 Å². The molecule has 158 valence electrons. The number of ether oxygens (including phenoxy) is 1. The standard InChI is InChI=1S/C18H16F2N4O5S/c19-18(20,8-25)29-12-2-1-11(15-21-3-4-30-15)14-13(12)22-16(28-14)23-6-9-5-10(7-23)24(9)17(26)27/h1-4,9-10,25H,5-8H2,(H,26,27). The Bertz CT molecular complexity index is 1090. The second-order valence-electron chi connectivity index (χ2n) is 7.16. The number of hydrogen-bond acceptors (Lipinski definition) is 8. The molecule has 1 aromatic carbocycles. The number of alkyl halides is 2. The van der Waals surface area contributed by atoms with Crippen LogP contribution < -0.4 is 9.64 Å². The molecule has 0 radical (unpaired) electrons. The first-order chi connectivity index (χ1) is 14.4. The fraction of sp³-hybridized carbons (Fsp3) is 0.389. The first-order valence-corrected chi connectivity index (χ1v) is 10.0. The van der Waals surface area contributed by atoms with E-state index in [4.69, 9.17) is 9.52 Å². The molecule has 0 spiro atoms. The van der Waals surface area contributed by atoms with Gasteiger partial charge in [-0.15, -0.1) is 11.3 Å². The largest absolute Gasteiger partial charge is 0.465 e. The SMILES string of the molecule is O=C(O)N1C2CC1CN(c1nc3c(OC(F)(F)CO)ccc(-c4nccs4)c3o1)C2. The lowest BCUT2D eigenvalue weighted by Crippen LogP contribution is -2.70. The zero-order valence-corrected chi connectivity index (χ0v) is 16.2. The molecule has 2 unspecified atom stereocenters. The third-order valence-corrected chi connectivity index (χ3v) is 6.09. The molecule has 2 atom stereocenters. The quantitative estimate of drug-likeness (QED) is 0.626. The number of aliphatic hydroxyl groups is 1. The molecule has 1 amide bonds. The van der Waals surface area contributed by atoms with Gasteiger partial charge in [-0.2, -0.15) is 13.8 Å². The van der Waals surface area contributed by atoms with Gasteiger partial charge in [0.1, 0.15) is 11.6 Å². The number of benzene rings is 1. The minimum atomic E-state index is -3.77. The fourth-order valence-electron chi connectivity index (χ4n) is 3.99. The molecule has 30 heavy (non-hydrogen) atoms. The number of carbonyl (C=O) groups is 1. The highest BCUT2D eigenvalue weighted by atomic mass is 32.1. The summed E-state index contributed by atoms with van der Waals surface area (Å²) in [6.07, 6.45) is -2.35. The van der Waals surface area contributed by atoms with Crippen molar-refractivity contribution in [2.75, 3.05) is 24.6 Å². The van der Waals surface area contributed by atoms with Gasteiger partial charge in [0, 0.05) is 24.7 Å². The number of oxazole rings is 1. The molecule has 0 saturated carbocycles. The molecule has 3 fully saturated rings. The molecule has 3 saturated heterocycles. The Morgan fingerprint density at radius 1 is 1.37 bits per heavy atom. The predicted octanol–water partition coefficient (Wildman–Crippen LogP) is 2.86. The maximum absolute atomic E-state index is 13.7. The normalized spacial score (nSPS) is 21.0. The van der Waals surface area contributed by atoms with Crippen molar-refractivity contribution >= 4 is 34.5 Å². The van der Waals surface area contributed by atoms with Crippen LogP contribution in [0.5, 0.6) is 5.75 Å². The highest BCUT2D eigenvalue weighted by Crippen LogP contribution is 2.41. The first-order valence-electron chi connectivity index (χ1n) is 9.13. The second kappa shape index (κ2) is 6.77. The molecule has 5 heterocycles. The Hall–Kier alpha value is -2.99. The van der Waals surface area contributed by atoms with Crippen molar-refractivity contribution in [1.29, 1.82) is 0 Å². The molecular formula is C18H16F2N4O5S. The van der Waals surface area contributed by atoms with Crippen LogP contribution in [0.25, 0.3) is 21.7 Å². The van der Waals surface area contributed by atoms with Gasteiger partial charge in [-0.05, 0) is 18.6 Å². The van der Waals surface area contributed by atoms with Gasteiger partial charge in [-0.1, -0.05) is 0 Å². The van der Waals surface area contributed by atoms with E-state index < -0.39 is 18.8 Å². The number of rotatable bonds is 5. The highest BCUT2D eigenvalue weighted by Gasteiger charge is 2.48. The van der Waals surface area contributed by atoms with Crippen LogP contribution in [0.4, 0.5) is 19.6 Å². The Morgan fingerprint density at radius 2 is 2.13 bits per heavy atom. The van der Waals surface area contributed by atoms with E-state index >= 15 is 0 Å². The Morgan fingerprint density at radius 3 is 2.77 bits per heavy atom. The molecule has 6 rings (SSSR count). The zero-order chi connectivity index (χ0) is 21.0. The van der Waals surface area contributed by atoms with E-state index in [1.54, 1.807) is 22.5 Å². The van der Waals surface area contributed by atoms with Crippen LogP contribution in [0.3, 0.4) is 0 Å². The third kappa shape index (κ3) is 3.03. The molecule has 2 bridgehead atoms. The Balaban J connectivity index is 1.54. The monoisotopic (exact) mass is 438 g/mol. The maximum Gasteiger partial charge on any atom is 0.421 e. The Labute approximate surface area is 172 Å². The van der Waals surface area contributed by atoms with Gasteiger partial charge in [0.25, 0.3) is 6.01 Å². The van der Waals surface area contributed by atoms with Crippen LogP contribution in [0.15, 0.2) is 28.1 Å². The summed E-state index contributed by atoms with van der Waals surface area (Å²) in [7, 11) is 0. The lowest BCUT2D eigenvalue weighted by atomic mass is 9.88. The van der Waals surface area contributed by atoms with Crippen LogP contribution in [-0.2, 0) is 0 Å². The van der Waals surface area contributed by atoms with Crippen molar-refractivity contribution in [2.45, 2.75) is 24.6 Å². The van der Waals surface area contributed by atoms with Crippen LogP contribution in [0, 0.1) is 0 Å². The second-order valence-corrected chi connectivity index (χ2v) is 8.05. The number of piperidine rings is 1. The van der Waals surface area contributed by atoms with E-state index in [0.29, 0.717) is 23.7 Å². The number of piperazine rings is 1. The number of aliphatic hydroxyl groups excluding tert-OH is 1. The van der Waals surface area contributed by atoms with E-state index in [9.17, 15) is 18.7 Å². The molecule has 3 aliphatic rings. The van der Waals surface area contributed by atoms with Gasteiger partial charge < -0.3 is 24.3 Å². The van der Waals surface area contributed by atoms with Gasteiger partial charge in [0.2, 0.25) is 0 Å². The fourth-order valence-corrected chi connectivity index (χ4v) is 4.65. The first kappa shape index (κ1) is 19.0. The number of hydrogen-bond donors (Lipinski definition) is 2. The molecule has 2 N–H and O–H groups in total. The van der Waals surface area contributed by atoms with Crippen molar-refractivity contribution in [3.63, 3.8) is 0 Å². The molecule has 3 aliphatic heterocycles. The summed E-state index contributed by atoms with van der Waals surface area (Å²) in [6, 6.07) is 2.77. The average molecular weight is 438 g/mol. The Kier molecular flexibility index (Phi) is 4.29. The van der Waals surface area contributed by atoms with Crippen LogP contribution >= 0.6 is 11.3 Å². The molecule has 12 heteroatoms. The predicted molar refractivity (Wildman–Crippen MR) is 102 cm³/mol. The highest BCUT2D eigenvalue weighted by molar-refractivity contribution is 7.13. The van der Waals surface area contributed by atoms with E-state index in [1.807, 2.05) is 0 Å². The smallest absolute Gasteiger partial charge is 0.421 e. The summed E-state index contributed by atoms with van der Waals surface area (Å²) >= 11 is 1.36. The van der Waals surface area contributed by atoms with Crippen molar-refractivity contribution < 1.29 is 32.9 Å². The summed E-state index contributed by atoms with van der Waals surface area (Å²) in [5.74, 6) is -0.228. The molecule has 9 nitrogen and oxygen atoms in total. The summed E-state index contributed by atoms with van der Waals surface area (Å²) in [4.78, 5) is 23.2. The maximum atomic E-state index is 13.7. The number of anilines is 1. The van der Waals surface area contributed by atoms with E-state index in [1.165, 1.54) is 22.3 Å². The summed E-state index contributed by atoms with van der Waals surface area (Å²) in [6.45, 7) is -0.690. The zero-order valence-electron chi connectivity index (χ0n) is 15.4. The van der Waals surface area contributed by atoms with Crippen LogP contribution in [-0.4, -0.2) is 69.1 Å². The van der Waals surface area contributed by atoms with Crippen LogP contribution in [0.1, 0.15) is 6.42 Å². The van der Waals surface area contributed by atoms with Crippen molar-refractivity contribution in [2.24, 2.45) is 0 Å². The topological polar surface area (TPSA) is 112 Å². The molecule has 0 aliphatic carbocycles. The van der Waals surface area contributed by atoms with E-state index in [0.717, 1.165) is 6.42 Å². The number of amides is 1. The molecule has 2 aromatic heterocycles. The third-order valence-electron chi connectivity index (χ3n) is 5.29. The molecule has 3 aromatic rings. The van der Waals surface area contributed by atoms with Gasteiger partial charge in [0.15, 0.2) is 16.8 Å².